The number of ether oxygens (including phenoxy) is 2. The first-order valence-electron chi connectivity index (χ1n) is 9.78. The van der Waals surface area contributed by atoms with Crippen LogP contribution < -0.4 is 14.8 Å². The van der Waals surface area contributed by atoms with Gasteiger partial charge in [0.05, 0.1) is 24.0 Å². The van der Waals surface area contributed by atoms with E-state index in [1.807, 2.05) is 36.4 Å². The summed E-state index contributed by atoms with van der Waals surface area (Å²) >= 11 is 11.7. The number of benzene rings is 2. The van der Waals surface area contributed by atoms with E-state index < -0.39 is 0 Å². The maximum atomic E-state index is 11.7. The molecule has 0 spiro atoms. The molecule has 1 fully saturated rings. The van der Waals surface area contributed by atoms with E-state index in [0.717, 1.165) is 43.2 Å². The van der Waals surface area contributed by atoms with Crippen molar-refractivity contribution in [3.05, 3.63) is 77.0 Å². The van der Waals surface area contributed by atoms with Crippen molar-refractivity contribution in [2.24, 2.45) is 0 Å². The number of likely N-dealkylation sites (tertiary alicyclic amines) is 1. The number of pyridine rings is 1. The number of rotatable bonds is 4. The summed E-state index contributed by atoms with van der Waals surface area (Å²) in [5, 5.41) is 3.95. The zero-order valence-corrected chi connectivity index (χ0v) is 18.6. The number of urea groups is 1. The summed E-state index contributed by atoms with van der Waals surface area (Å²) in [4.78, 5) is 17.4. The lowest BCUT2D eigenvalue weighted by Crippen LogP contribution is -2.32. The molecular weight excluding hydrogens is 437 g/mol. The van der Waals surface area contributed by atoms with E-state index in [0.29, 0.717) is 15.7 Å². The van der Waals surface area contributed by atoms with Gasteiger partial charge in [0, 0.05) is 30.4 Å². The van der Waals surface area contributed by atoms with E-state index in [9.17, 15) is 4.79 Å². The minimum atomic E-state index is -0.0950. The Labute approximate surface area is 191 Å². The molecule has 1 aromatic heterocycles. The molecule has 8 heteroatoms. The lowest BCUT2D eigenvalue weighted by Gasteiger charge is -2.16. The van der Waals surface area contributed by atoms with Gasteiger partial charge in [-0.1, -0.05) is 29.3 Å². The highest BCUT2D eigenvalue weighted by atomic mass is 35.5. The maximum Gasteiger partial charge on any atom is 0.321 e. The van der Waals surface area contributed by atoms with Gasteiger partial charge in [0.2, 0.25) is 0 Å². The fourth-order valence-electron chi connectivity index (χ4n) is 2.89. The first-order chi connectivity index (χ1) is 15.0. The van der Waals surface area contributed by atoms with Crippen LogP contribution in [0.2, 0.25) is 10.0 Å². The first kappa shape index (κ1) is 22.7. The van der Waals surface area contributed by atoms with Gasteiger partial charge in [0.15, 0.2) is 0 Å². The molecule has 2 amide bonds. The van der Waals surface area contributed by atoms with Crippen molar-refractivity contribution >= 4 is 34.9 Å². The van der Waals surface area contributed by atoms with Gasteiger partial charge < -0.3 is 19.7 Å². The number of nitrogens with one attached hydrogen (secondary N) is 1. The Kier molecular flexibility index (Phi) is 8.38. The zero-order valence-electron chi connectivity index (χ0n) is 17.1. The van der Waals surface area contributed by atoms with E-state index in [1.165, 1.54) is 0 Å². The minimum absolute atomic E-state index is 0.0950. The van der Waals surface area contributed by atoms with Gasteiger partial charge in [-0.3, -0.25) is 4.98 Å². The molecule has 0 unspecified atom stereocenters. The fourth-order valence-corrected chi connectivity index (χ4v) is 3.17. The molecule has 0 atom stereocenters. The second kappa shape index (κ2) is 11.4. The lowest BCUT2D eigenvalue weighted by atomic mass is 10.3. The number of nitrogens with zero attached hydrogens (tertiary/aromatic N) is 2. The van der Waals surface area contributed by atoms with Gasteiger partial charge in [-0.2, -0.15) is 0 Å². The molecule has 2 aromatic carbocycles. The molecule has 0 bridgehead atoms. The van der Waals surface area contributed by atoms with E-state index in [-0.39, 0.29) is 6.03 Å². The smallest absolute Gasteiger partial charge is 0.321 e. The van der Waals surface area contributed by atoms with Crippen LogP contribution in [-0.2, 0) is 0 Å². The average Bonchev–Trinajstić information content (AvgIpc) is 3.33. The van der Waals surface area contributed by atoms with E-state index >= 15 is 0 Å². The Hall–Kier alpha value is -2.96. The topological polar surface area (TPSA) is 63.7 Å². The standard InChI is InChI=1S/C13H11ClO2.C10H12ClN3O/c1-15-12-3-2-4-13(9-12)16-11-7-5-10(14)6-8-11;11-8-3-4-12-7-9(8)13-10(15)14-5-1-2-6-14/h2-9H,1H3;3-4,7H,1-2,5-6H2,(H,13,15). The summed E-state index contributed by atoms with van der Waals surface area (Å²) in [5.41, 5.74) is 0.566. The highest BCUT2D eigenvalue weighted by Gasteiger charge is 2.18. The SMILES string of the molecule is COc1cccc(Oc2ccc(Cl)cc2)c1.O=C(Nc1cnccc1Cl)N1CCCC1. The number of hydrogen-bond acceptors (Lipinski definition) is 4. The lowest BCUT2D eigenvalue weighted by molar-refractivity contribution is 0.222. The highest BCUT2D eigenvalue weighted by molar-refractivity contribution is 6.33. The number of methoxy groups -OCH3 is 1. The van der Waals surface area contributed by atoms with Gasteiger partial charge in [-0.15, -0.1) is 0 Å². The van der Waals surface area contributed by atoms with Crippen LogP contribution in [0.4, 0.5) is 10.5 Å². The normalized spacial score (nSPS) is 12.5. The largest absolute Gasteiger partial charge is 0.497 e. The van der Waals surface area contributed by atoms with Gasteiger partial charge in [0.25, 0.3) is 0 Å². The van der Waals surface area contributed by atoms with Crippen molar-refractivity contribution < 1.29 is 14.3 Å². The number of carbonyl (C=O) groups is 1. The number of hydrogen-bond donors (Lipinski definition) is 1. The number of anilines is 1. The Morgan fingerprint density at radius 3 is 2.39 bits per heavy atom. The van der Waals surface area contributed by atoms with Crippen molar-refractivity contribution in [2.75, 3.05) is 25.5 Å². The molecule has 4 rings (SSSR count). The summed E-state index contributed by atoms with van der Waals surface area (Å²) in [6.07, 6.45) is 5.30. The molecule has 1 aliphatic rings. The van der Waals surface area contributed by atoms with Crippen LogP contribution in [0.15, 0.2) is 67.0 Å². The molecule has 1 saturated heterocycles. The molecule has 0 saturated carbocycles. The summed E-state index contributed by atoms with van der Waals surface area (Å²) in [6.45, 7) is 1.65. The minimum Gasteiger partial charge on any atom is -0.497 e. The van der Waals surface area contributed by atoms with Crippen molar-refractivity contribution in [3.63, 3.8) is 0 Å². The Morgan fingerprint density at radius 2 is 1.71 bits per heavy atom. The number of aromatic nitrogens is 1. The van der Waals surface area contributed by atoms with Crippen LogP contribution in [0.5, 0.6) is 17.2 Å². The van der Waals surface area contributed by atoms with Gasteiger partial charge >= 0.3 is 6.03 Å². The molecule has 0 radical (unpaired) electrons. The Bertz CT molecular complexity index is 993. The van der Waals surface area contributed by atoms with Crippen molar-refractivity contribution in [1.29, 1.82) is 0 Å². The first-order valence-corrected chi connectivity index (χ1v) is 10.5. The summed E-state index contributed by atoms with van der Waals surface area (Å²) < 4.78 is 10.7. The zero-order chi connectivity index (χ0) is 22.1. The number of halogens is 2. The molecule has 0 aliphatic carbocycles. The predicted octanol–water partition coefficient (Wildman–Crippen LogP) is 6.50. The van der Waals surface area contributed by atoms with Crippen LogP contribution in [0.3, 0.4) is 0 Å². The van der Waals surface area contributed by atoms with E-state index in [2.05, 4.69) is 10.3 Å². The van der Waals surface area contributed by atoms with Crippen LogP contribution in [0.1, 0.15) is 12.8 Å². The number of carbonyl (C=O) groups excluding carboxylic acids is 1. The second-order valence-corrected chi connectivity index (χ2v) is 7.56. The van der Waals surface area contributed by atoms with Crippen molar-refractivity contribution in [1.82, 2.24) is 9.88 Å². The molecule has 2 heterocycles. The van der Waals surface area contributed by atoms with Crippen LogP contribution >= 0.6 is 23.2 Å². The van der Waals surface area contributed by atoms with Crippen LogP contribution in [-0.4, -0.2) is 36.1 Å². The van der Waals surface area contributed by atoms with Gasteiger partial charge in [-0.25, -0.2) is 4.79 Å². The maximum absolute atomic E-state index is 11.7. The molecule has 1 N–H and O–H groups in total. The summed E-state index contributed by atoms with van der Waals surface area (Å²) in [6, 6.07) is 16.2. The van der Waals surface area contributed by atoms with E-state index in [1.54, 1.807) is 42.6 Å². The van der Waals surface area contributed by atoms with Crippen molar-refractivity contribution in [3.8, 4) is 17.2 Å². The third-order valence-electron chi connectivity index (χ3n) is 4.49. The monoisotopic (exact) mass is 459 g/mol. The molecule has 3 aromatic rings. The Morgan fingerprint density at radius 1 is 1.00 bits per heavy atom. The third-order valence-corrected chi connectivity index (χ3v) is 5.07. The van der Waals surface area contributed by atoms with Gasteiger partial charge in [0.1, 0.15) is 17.2 Å². The van der Waals surface area contributed by atoms with E-state index in [4.69, 9.17) is 32.7 Å². The Balaban J connectivity index is 0.000000176. The molecule has 1 aliphatic heterocycles. The summed E-state index contributed by atoms with van der Waals surface area (Å²) in [5.74, 6) is 2.26. The molecule has 162 valence electrons. The van der Waals surface area contributed by atoms with Gasteiger partial charge in [-0.05, 0) is 55.3 Å². The number of amides is 2. The molecule has 6 nitrogen and oxygen atoms in total. The predicted molar refractivity (Wildman–Crippen MR) is 124 cm³/mol. The molecule has 31 heavy (non-hydrogen) atoms. The van der Waals surface area contributed by atoms with Crippen molar-refractivity contribution in [2.45, 2.75) is 12.8 Å². The average molecular weight is 460 g/mol. The van der Waals surface area contributed by atoms with Crippen LogP contribution in [0, 0.1) is 0 Å². The highest BCUT2D eigenvalue weighted by Crippen LogP contribution is 2.26. The summed E-state index contributed by atoms with van der Waals surface area (Å²) in [7, 11) is 1.63. The molecular formula is C23H23Cl2N3O3. The van der Waals surface area contributed by atoms with Crippen LogP contribution in [0.25, 0.3) is 0 Å². The second-order valence-electron chi connectivity index (χ2n) is 6.71. The quantitative estimate of drug-likeness (QED) is 0.483. The third kappa shape index (κ3) is 7.05. The fraction of sp³-hybridized carbons (Fsp3) is 0.217.